The Labute approximate surface area is 120 Å². The third kappa shape index (κ3) is 2.89. The van der Waals surface area contributed by atoms with Crippen LogP contribution < -0.4 is 0 Å². The van der Waals surface area contributed by atoms with Gasteiger partial charge in [0.2, 0.25) is 0 Å². The summed E-state index contributed by atoms with van der Waals surface area (Å²) in [5.41, 5.74) is 3.90. The molecule has 0 atom stereocenters. The lowest BCUT2D eigenvalue weighted by molar-refractivity contribution is 0.0792. The monoisotopic (exact) mass is 272 g/mol. The molecule has 0 spiro atoms. The average Bonchev–Trinajstić information content (AvgIpc) is 2.85. The first kappa shape index (κ1) is 13.7. The van der Waals surface area contributed by atoms with Gasteiger partial charge < -0.3 is 10.1 Å². The standard InChI is InChI=1S/C17H24N2O/c1-12(2)16-10-14-4-3-13(9-17(14)18-16)11-19-7-5-15(20)6-8-19/h3-4,9-10,12,15,18,20H,5-8,11H2,1-2H3. The van der Waals surface area contributed by atoms with Gasteiger partial charge in [-0.3, -0.25) is 4.90 Å². The lowest BCUT2D eigenvalue weighted by atomic mass is 10.1. The van der Waals surface area contributed by atoms with Gasteiger partial charge in [0, 0.05) is 30.8 Å². The van der Waals surface area contributed by atoms with Crippen molar-refractivity contribution in [1.29, 1.82) is 0 Å². The van der Waals surface area contributed by atoms with Crippen LogP contribution in [0.4, 0.5) is 0 Å². The topological polar surface area (TPSA) is 39.3 Å². The van der Waals surface area contributed by atoms with Gasteiger partial charge in [-0.15, -0.1) is 0 Å². The van der Waals surface area contributed by atoms with E-state index in [0.717, 1.165) is 32.5 Å². The summed E-state index contributed by atoms with van der Waals surface area (Å²) >= 11 is 0. The summed E-state index contributed by atoms with van der Waals surface area (Å²) in [5.74, 6) is 0.537. The lowest BCUT2D eigenvalue weighted by Gasteiger charge is -2.29. The molecule has 0 unspecified atom stereocenters. The summed E-state index contributed by atoms with van der Waals surface area (Å²) in [6, 6.07) is 8.96. The zero-order valence-corrected chi connectivity index (χ0v) is 12.4. The number of H-pyrrole nitrogens is 1. The maximum Gasteiger partial charge on any atom is 0.0564 e. The van der Waals surface area contributed by atoms with Crippen molar-refractivity contribution in [1.82, 2.24) is 9.88 Å². The van der Waals surface area contributed by atoms with Gasteiger partial charge in [-0.25, -0.2) is 0 Å². The normalized spacial score (nSPS) is 18.2. The molecule has 108 valence electrons. The highest BCUT2D eigenvalue weighted by Gasteiger charge is 2.17. The first-order chi connectivity index (χ1) is 9.61. The first-order valence-electron chi connectivity index (χ1n) is 7.64. The molecule has 1 aromatic heterocycles. The molecule has 3 nitrogen and oxygen atoms in total. The summed E-state index contributed by atoms with van der Waals surface area (Å²) in [4.78, 5) is 5.95. The molecule has 2 aromatic rings. The fourth-order valence-corrected chi connectivity index (χ4v) is 2.94. The number of aliphatic hydroxyl groups is 1. The van der Waals surface area contributed by atoms with E-state index in [2.05, 4.69) is 48.0 Å². The van der Waals surface area contributed by atoms with Gasteiger partial charge in [-0.05, 0) is 41.8 Å². The number of hydrogen-bond acceptors (Lipinski definition) is 2. The maximum atomic E-state index is 9.56. The van der Waals surface area contributed by atoms with E-state index in [-0.39, 0.29) is 6.10 Å². The second-order valence-electron chi connectivity index (χ2n) is 6.31. The van der Waals surface area contributed by atoms with E-state index in [0.29, 0.717) is 5.92 Å². The summed E-state index contributed by atoms with van der Waals surface area (Å²) in [6.45, 7) is 7.41. The van der Waals surface area contributed by atoms with E-state index < -0.39 is 0 Å². The van der Waals surface area contributed by atoms with Gasteiger partial charge in [0.25, 0.3) is 0 Å². The van der Waals surface area contributed by atoms with Crippen LogP contribution in [0.3, 0.4) is 0 Å². The molecule has 0 bridgehead atoms. The first-order valence-corrected chi connectivity index (χ1v) is 7.64. The molecular weight excluding hydrogens is 248 g/mol. The summed E-state index contributed by atoms with van der Waals surface area (Å²) in [7, 11) is 0. The second kappa shape index (κ2) is 5.58. The van der Waals surface area contributed by atoms with Crippen molar-refractivity contribution in [2.75, 3.05) is 13.1 Å². The number of piperidine rings is 1. The molecular formula is C17H24N2O. The minimum atomic E-state index is -0.0919. The van der Waals surface area contributed by atoms with Gasteiger partial charge in [-0.1, -0.05) is 26.0 Å². The Morgan fingerprint density at radius 3 is 2.70 bits per heavy atom. The number of aliphatic hydroxyl groups excluding tert-OH is 1. The molecule has 1 aliphatic heterocycles. The van der Waals surface area contributed by atoms with Crippen LogP contribution in [0.5, 0.6) is 0 Å². The highest BCUT2D eigenvalue weighted by molar-refractivity contribution is 5.81. The number of aromatic amines is 1. The Morgan fingerprint density at radius 2 is 2.00 bits per heavy atom. The quantitative estimate of drug-likeness (QED) is 0.900. The number of likely N-dealkylation sites (tertiary alicyclic amines) is 1. The van der Waals surface area contributed by atoms with Crippen molar-refractivity contribution >= 4 is 10.9 Å². The average molecular weight is 272 g/mol. The van der Waals surface area contributed by atoms with Gasteiger partial charge in [-0.2, -0.15) is 0 Å². The second-order valence-corrected chi connectivity index (χ2v) is 6.31. The molecule has 3 heteroatoms. The van der Waals surface area contributed by atoms with Crippen molar-refractivity contribution in [3.8, 4) is 0 Å². The minimum absolute atomic E-state index is 0.0919. The van der Waals surface area contributed by atoms with E-state index in [1.54, 1.807) is 0 Å². The molecule has 1 saturated heterocycles. The molecule has 1 aromatic carbocycles. The zero-order chi connectivity index (χ0) is 14.1. The number of nitrogens with zero attached hydrogens (tertiary/aromatic N) is 1. The van der Waals surface area contributed by atoms with E-state index in [1.807, 2.05) is 0 Å². The molecule has 3 rings (SSSR count). The lowest BCUT2D eigenvalue weighted by Crippen LogP contribution is -2.35. The molecule has 1 fully saturated rings. The molecule has 0 amide bonds. The predicted octanol–water partition coefficient (Wildman–Crippen LogP) is 3.25. The third-order valence-electron chi connectivity index (χ3n) is 4.29. The Morgan fingerprint density at radius 1 is 1.25 bits per heavy atom. The molecule has 0 radical (unpaired) electrons. The van der Waals surface area contributed by atoms with Crippen LogP contribution in [0.15, 0.2) is 24.3 Å². The number of nitrogens with one attached hydrogen (secondary N) is 1. The summed E-state index contributed by atoms with van der Waals surface area (Å²) < 4.78 is 0. The van der Waals surface area contributed by atoms with Crippen molar-refractivity contribution in [2.24, 2.45) is 0 Å². The SMILES string of the molecule is CC(C)c1cc2ccc(CN3CCC(O)CC3)cc2[nH]1. The third-order valence-corrected chi connectivity index (χ3v) is 4.29. The van der Waals surface area contributed by atoms with Crippen molar-refractivity contribution in [3.63, 3.8) is 0 Å². The highest BCUT2D eigenvalue weighted by Crippen LogP contribution is 2.23. The van der Waals surface area contributed by atoms with Crippen molar-refractivity contribution < 1.29 is 5.11 Å². The van der Waals surface area contributed by atoms with Gasteiger partial charge in [0.05, 0.1) is 6.10 Å². The summed E-state index contributed by atoms with van der Waals surface area (Å²) in [5, 5.41) is 10.9. The van der Waals surface area contributed by atoms with Crippen LogP contribution in [-0.2, 0) is 6.54 Å². The van der Waals surface area contributed by atoms with Crippen molar-refractivity contribution in [3.05, 3.63) is 35.5 Å². The Hall–Kier alpha value is -1.32. The van der Waals surface area contributed by atoms with Gasteiger partial charge in [0.1, 0.15) is 0 Å². The number of rotatable bonds is 3. The molecule has 2 N–H and O–H groups in total. The largest absolute Gasteiger partial charge is 0.393 e. The smallest absolute Gasteiger partial charge is 0.0564 e. The summed E-state index contributed by atoms with van der Waals surface area (Å²) in [6.07, 6.45) is 1.72. The van der Waals surface area contributed by atoms with Crippen molar-refractivity contribution in [2.45, 2.75) is 45.3 Å². The van der Waals surface area contributed by atoms with Gasteiger partial charge in [0.15, 0.2) is 0 Å². The Kier molecular flexibility index (Phi) is 3.81. The molecule has 0 aliphatic carbocycles. The maximum absolute atomic E-state index is 9.56. The fraction of sp³-hybridized carbons (Fsp3) is 0.529. The van der Waals surface area contributed by atoms with E-state index in [9.17, 15) is 5.11 Å². The minimum Gasteiger partial charge on any atom is -0.393 e. The predicted molar refractivity (Wildman–Crippen MR) is 82.9 cm³/mol. The number of hydrogen-bond donors (Lipinski definition) is 2. The number of fused-ring (bicyclic) bond motifs is 1. The van der Waals surface area contributed by atoms with Crippen LogP contribution in [0.25, 0.3) is 10.9 Å². The number of benzene rings is 1. The molecule has 0 saturated carbocycles. The molecule has 20 heavy (non-hydrogen) atoms. The van der Waals surface area contributed by atoms with Crippen LogP contribution in [0.2, 0.25) is 0 Å². The van der Waals surface area contributed by atoms with Crippen LogP contribution in [0, 0.1) is 0 Å². The molecule has 2 heterocycles. The van der Waals surface area contributed by atoms with E-state index >= 15 is 0 Å². The number of aromatic nitrogens is 1. The Balaban J connectivity index is 1.75. The van der Waals surface area contributed by atoms with Crippen LogP contribution >= 0.6 is 0 Å². The van der Waals surface area contributed by atoms with Crippen LogP contribution in [0.1, 0.15) is 43.9 Å². The zero-order valence-electron chi connectivity index (χ0n) is 12.4. The van der Waals surface area contributed by atoms with Gasteiger partial charge >= 0.3 is 0 Å². The Bertz CT molecular complexity index is 580. The molecule has 1 aliphatic rings. The van der Waals surface area contributed by atoms with Crippen LogP contribution in [-0.4, -0.2) is 34.2 Å². The van der Waals surface area contributed by atoms with E-state index in [1.165, 1.54) is 22.2 Å². The highest BCUT2D eigenvalue weighted by atomic mass is 16.3. The fourth-order valence-electron chi connectivity index (χ4n) is 2.94. The van der Waals surface area contributed by atoms with E-state index in [4.69, 9.17) is 0 Å².